The summed E-state index contributed by atoms with van der Waals surface area (Å²) < 4.78 is 10.4. The van der Waals surface area contributed by atoms with Crippen LogP contribution in [0.2, 0.25) is 0 Å². The Bertz CT molecular complexity index is 781. The van der Waals surface area contributed by atoms with E-state index in [0.717, 1.165) is 29.7 Å². The number of methoxy groups -OCH3 is 1. The first kappa shape index (κ1) is 16.5. The van der Waals surface area contributed by atoms with Gasteiger partial charge in [0.15, 0.2) is 0 Å². The van der Waals surface area contributed by atoms with Gasteiger partial charge in [0.2, 0.25) is 0 Å². The van der Waals surface area contributed by atoms with Crippen LogP contribution < -0.4 is 10.1 Å². The molecule has 2 aromatic rings. The molecule has 0 aliphatic heterocycles. The quantitative estimate of drug-likeness (QED) is 0.840. The first-order valence-corrected chi connectivity index (χ1v) is 8.73. The third-order valence-electron chi connectivity index (χ3n) is 3.97. The normalized spacial score (nSPS) is 12.6. The molecule has 3 rings (SSSR count). The highest BCUT2D eigenvalue weighted by atomic mass is 32.1. The van der Waals surface area contributed by atoms with Gasteiger partial charge in [0, 0.05) is 4.88 Å². The van der Waals surface area contributed by atoms with Gasteiger partial charge >= 0.3 is 5.97 Å². The highest BCUT2D eigenvalue weighted by Crippen LogP contribution is 2.39. The Balaban J connectivity index is 1.92. The molecule has 1 N–H and O–H groups in total. The number of rotatable bonds is 5. The molecule has 1 aromatic carbocycles. The van der Waals surface area contributed by atoms with Gasteiger partial charge in [0.1, 0.15) is 10.8 Å². The maximum atomic E-state index is 12.7. The predicted molar refractivity (Wildman–Crippen MR) is 93.2 cm³/mol. The van der Waals surface area contributed by atoms with Gasteiger partial charge in [-0.25, -0.2) is 4.79 Å². The van der Waals surface area contributed by atoms with Crippen LogP contribution in [0.25, 0.3) is 0 Å². The zero-order valence-corrected chi connectivity index (χ0v) is 14.5. The second-order valence-electron chi connectivity index (χ2n) is 5.44. The molecule has 24 heavy (non-hydrogen) atoms. The van der Waals surface area contributed by atoms with E-state index in [2.05, 4.69) is 5.32 Å². The molecular weight excluding hydrogens is 326 g/mol. The smallest absolute Gasteiger partial charge is 0.341 e. The molecule has 1 aliphatic carbocycles. The lowest BCUT2D eigenvalue weighted by atomic mass is 10.1. The molecule has 1 aliphatic rings. The largest absolute Gasteiger partial charge is 0.493 e. The third-order valence-corrected chi connectivity index (χ3v) is 5.18. The number of amides is 1. The van der Waals surface area contributed by atoms with Gasteiger partial charge in [-0.1, -0.05) is 12.1 Å². The Hall–Kier alpha value is -2.34. The number of thiophene rings is 1. The van der Waals surface area contributed by atoms with Crippen molar-refractivity contribution in [3.63, 3.8) is 0 Å². The fraction of sp³-hybridized carbons (Fsp3) is 0.333. The number of anilines is 1. The summed E-state index contributed by atoms with van der Waals surface area (Å²) in [6.07, 6.45) is 2.82. The number of ether oxygens (including phenoxy) is 2. The molecule has 0 saturated carbocycles. The summed E-state index contributed by atoms with van der Waals surface area (Å²) in [4.78, 5) is 26.0. The maximum Gasteiger partial charge on any atom is 0.341 e. The van der Waals surface area contributed by atoms with Crippen LogP contribution in [0.1, 0.15) is 44.5 Å². The van der Waals surface area contributed by atoms with Crippen LogP contribution in [0.15, 0.2) is 24.3 Å². The van der Waals surface area contributed by atoms with Crippen LogP contribution in [-0.4, -0.2) is 25.6 Å². The van der Waals surface area contributed by atoms with Crippen molar-refractivity contribution < 1.29 is 19.1 Å². The Morgan fingerprint density at radius 2 is 2.04 bits per heavy atom. The minimum absolute atomic E-state index is 0.288. The standard InChI is InChI=1S/C18H19NO4S/c1-3-23-13-9-5-4-7-11(13)16(20)19-17-15(18(21)22-2)12-8-6-10-14(12)24-17/h4-5,7,9H,3,6,8,10H2,1-2H3,(H,19,20). The van der Waals surface area contributed by atoms with Crippen LogP contribution in [0, 0.1) is 0 Å². The Morgan fingerprint density at radius 3 is 2.79 bits per heavy atom. The number of fused-ring (bicyclic) bond motifs is 1. The number of para-hydroxylation sites is 1. The van der Waals surface area contributed by atoms with E-state index in [1.807, 2.05) is 13.0 Å². The van der Waals surface area contributed by atoms with E-state index in [0.29, 0.717) is 28.5 Å². The molecule has 0 fully saturated rings. The molecule has 1 heterocycles. The number of carbonyl (C=O) groups excluding carboxylic acids is 2. The SMILES string of the molecule is CCOc1ccccc1C(=O)Nc1sc2c(c1C(=O)OC)CCC2. The van der Waals surface area contributed by atoms with E-state index in [1.165, 1.54) is 18.4 Å². The average Bonchev–Trinajstić information content (AvgIpc) is 3.15. The summed E-state index contributed by atoms with van der Waals surface area (Å²) in [6.45, 7) is 2.35. The summed E-state index contributed by atoms with van der Waals surface area (Å²) in [6, 6.07) is 7.07. The second-order valence-corrected chi connectivity index (χ2v) is 6.54. The highest BCUT2D eigenvalue weighted by molar-refractivity contribution is 7.17. The lowest BCUT2D eigenvalue weighted by Crippen LogP contribution is -2.15. The lowest BCUT2D eigenvalue weighted by Gasteiger charge is -2.11. The Labute approximate surface area is 144 Å². The number of aryl methyl sites for hydroxylation is 1. The lowest BCUT2D eigenvalue weighted by molar-refractivity contribution is 0.0601. The summed E-state index contributed by atoms with van der Waals surface area (Å²) in [5, 5.41) is 3.43. The maximum absolute atomic E-state index is 12.7. The van der Waals surface area contributed by atoms with Crippen LogP contribution >= 0.6 is 11.3 Å². The molecule has 126 valence electrons. The van der Waals surface area contributed by atoms with Gasteiger partial charge in [-0.3, -0.25) is 4.79 Å². The summed E-state index contributed by atoms with van der Waals surface area (Å²) in [5.74, 6) is -0.159. The topological polar surface area (TPSA) is 64.6 Å². The van der Waals surface area contributed by atoms with Gasteiger partial charge < -0.3 is 14.8 Å². The predicted octanol–water partition coefficient (Wildman–Crippen LogP) is 3.67. The Morgan fingerprint density at radius 1 is 1.25 bits per heavy atom. The average molecular weight is 345 g/mol. The van der Waals surface area contributed by atoms with Crippen molar-refractivity contribution in [3.05, 3.63) is 45.8 Å². The van der Waals surface area contributed by atoms with Crippen molar-refractivity contribution in [2.45, 2.75) is 26.2 Å². The Kier molecular flexibility index (Phi) is 4.85. The number of hydrogen-bond donors (Lipinski definition) is 1. The highest BCUT2D eigenvalue weighted by Gasteiger charge is 2.28. The monoisotopic (exact) mass is 345 g/mol. The summed E-state index contributed by atoms with van der Waals surface area (Å²) in [7, 11) is 1.36. The van der Waals surface area contributed by atoms with Gasteiger partial charge in [0.05, 0.1) is 24.8 Å². The van der Waals surface area contributed by atoms with Crippen LogP contribution in [0.5, 0.6) is 5.75 Å². The van der Waals surface area contributed by atoms with Crippen molar-refractivity contribution in [1.29, 1.82) is 0 Å². The van der Waals surface area contributed by atoms with E-state index in [4.69, 9.17) is 9.47 Å². The zero-order chi connectivity index (χ0) is 17.1. The molecule has 0 unspecified atom stereocenters. The van der Waals surface area contributed by atoms with Crippen molar-refractivity contribution >= 4 is 28.2 Å². The van der Waals surface area contributed by atoms with Crippen molar-refractivity contribution in [2.75, 3.05) is 19.0 Å². The van der Waals surface area contributed by atoms with Gasteiger partial charge in [-0.15, -0.1) is 11.3 Å². The van der Waals surface area contributed by atoms with E-state index in [-0.39, 0.29) is 5.91 Å². The number of hydrogen-bond acceptors (Lipinski definition) is 5. The fourth-order valence-corrected chi connectivity index (χ4v) is 4.19. The number of nitrogens with one attached hydrogen (secondary N) is 1. The summed E-state index contributed by atoms with van der Waals surface area (Å²) >= 11 is 1.46. The number of esters is 1. The van der Waals surface area contributed by atoms with E-state index in [1.54, 1.807) is 18.2 Å². The van der Waals surface area contributed by atoms with E-state index >= 15 is 0 Å². The molecule has 0 spiro atoms. The van der Waals surface area contributed by atoms with Gasteiger partial charge in [-0.2, -0.15) is 0 Å². The molecular formula is C18H19NO4S. The molecule has 1 amide bonds. The van der Waals surface area contributed by atoms with E-state index in [9.17, 15) is 9.59 Å². The van der Waals surface area contributed by atoms with Crippen molar-refractivity contribution in [3.8, 4) is 5.75 Å². The first-order chi connectivity index (χ1) is 11.7. The van der Waals surface area contributed by atoms with Crippen LogP contribution in [0.3, 0.4) is 0 Å². The molecule has 0 bridgehead atoms. The molecule has 6 heteroatoms. The first-order valence-electron chi connectivity index (χ1n) is 7.91. The number of carbonyl (C=O) groups is 2. The van der Waals surface area contributed by atoms with Crippen LogP contribution in [-0.2, 0) is 17.6 Å². The minimum Gasteiger partial charge on any atom is -0.493 e. The zero-order valence-electron chi connectivity index (χ0n) is 13.7. The molecule has 5 nitrogen and oxygen atoms in total. The minimum atomic E-state index is -0.400. The van der Waals surface area contributed by atoms with Crippen molar-refractivity contribution in [2.24, 2.45) is 0 Å². The van der Waals surface area contributed by atoms with Gasteiger partial charge in [-0.05, 0) is 43.9 Å². The van der Waals surface area contributed by atoms with Gasteiger partial charge in [0.25, 0.3) is 5.91 Å². The number of benzene rings is 1. The third kappa shape index (κ3) is 3.01. The van der Waals surface area contributed by atoms with Crippen LogP contribution in [0.4, 0.5) is 5.00 Å². The molecule has 0 atom stereocenters. The fourth-order valence-electron chi connectivity index (χ4n) is 2.92. The summed E-state index contributed by atoms with van der Waals surface area (Å²) in [5.41, 5.74) is 1.96. The van der Waals surface area contributed by atoms with E-state index < -0.39 is 5.97 Å². The molecule has 0 saturated heterocycles. The molecule has 0 radical (unpaired) electrons. The second kappa shape index (κ2) is 7.05. The van der Waals surface area contributed by atoms with Crippen molar-refractivity contribution in [1.82, 2.24) is 0 Å². The molecule has 1 aromatic heterocycles.